The molecule has 1 aliphatic rings. The van der Waals surface area contributed by atoms with Crippen LogP contribution in [0.15, 0.2) is 0 Å². The van der Waals surface area contributed by atoms with Gasteiger partial charge < -0.3 is 5.73 Å². The maximum atomic E-state index is 11.4. The zero-order chi connectivity index (χ0) is 9.14. The number of nitrogens with two attached hydrogens (primary N) is 1. The van der Waals surface area contributed by atoms with Crippen LogP contribution in [0.3, 0.4) is 0 Å². The highest BCUT2D eigenvalue weighted by molar-refractivity contribution is 7.85. The Balaban J connectivity index is 2.52. The molecule has 0 saturated carbocycles. The molecule has 0 bridgehead atoms. The number of rotatable bonds is 2. The molecule has 0 aromatic carbocycles. The van der Waals surface area contributed by atoms with E-state index in [9.17, 15) is 4.21 Å². The van der Waals surface area contributed by atoms with Gasteiger partial charge in [-0.3, -0.25) is 9.11 Å². The zero-order valence-electron chi connectivity index (χ0n) is 7.82. The lowest BCUT2D eigenvalue weighted by atomic mass is 10.2. The number of hydrogen-bond acceptors (Lipinski definition) is 3. The molecular formula is C8H18N2OS. The molecule has 1 rings (SSSR count). The van der Waals surface area contributed by atoms with Gasteiger partial charge >= 0.3 is 0 Å². The summed E-state index contributed by atoms with van der Waals surface area (Å²) in [5.74, 6) is 0.811. The third-order valence-corrected chi connectivity index (χ3v) is 4.47. The van der Waals surface area contributed by atoms with Crippen molar-refractivity contribution in [1.29, 1.82) is 0 Å². The summed E-state index contributed by atoms with van der Waals surface area (Å²) in [6, 6.07) is 0.420. The summed E-state index contributed by atoms with van der Waals surface area (Å²) < 4.78 is 11.4. The Labute approximate surface area is 76.8 Å². The van der Waals surface area contributed by atoms with E-state index in [1.54, 1.807) is 0 Å². The summed E-state index contributed by atoms with van der Waals surface area (Å²) in [7, 11) is -0.622. The standard InChI is InChI=1S/C8H18N2OS/c1-7-8(2)12(11)6-5-10(7)4-3-9/h7-8H,3-6,9H2,1-2H3. The second-order valence-corrected chi connectivity index (χ2v) is 5.27. The summed E-state index contributed by atoms with van der Waals surface area (Å²) in [6.45, 7) is 6.77. The Morgan fingerprint density at radius 2 is 2.25 bits per heavy atom. The van der Waals surface area contributed by atoms with E-state index >= 15 is 0 Å². The van der Waals surface area contributed by atoms with Gasteiger partial charge in [0, 0.05) is 47.5 Å². The average molecular weight is 190 g/mol. The SMILES string of the molecule is CC1C(C)S(=O)CCN1CCN. The topological polar surface area (TPSA) is 46.3 Å². The van der Waals surface area contributed by atoms with Gasteiger partial charge in [0.1, 0.15) is 0 Å². The number of hydrogen-bond donors (Lipinski definition) is 1. The van der Waals surface area contributed by atoms with E-state index in [0.29, 0.717) is 17.8 Å². The molecule has 2 N–H and O–H groups in total. The lowest BCUT2D eigenvalue weighted by Gasteiger charge is -2.36. The second-order valence-electron chi connectivity index (χ2n) is 3.36. The molecule has 72 valence electrons. The molecule has 0 amide bonds. The van der Waals surface area contributed by atoms with Crippen molar-refractivity contribution in [3.05, 3.63) is 0 Å². The summed E-state index contributed by atoms with van der Waals surface area (Å²) in [4.78, 5) is 2.33. The first-order valence-corrected chi connectivity index (χ1v) is 5.86. The van der Waals surface area contributed by atoms with Crippen LogP contribution in [-0.2, 0) is 10.8 Å². The normalized spacial score (nSPS) is 38.4. The number of nitrogens with zero attached hydrogens (tertiary/aromatic N) is 1. The minimum absolute atomic E-state index is 0.297. The van der Waals surface area contributed by atoms with Crippen molar-refractivity contribution in [3.8, 4) is 0 Å². The van der Waals surface area contributed by atoms with Crippen molar-refractivity contribution in [3.63, 3.8) is 0 Å². The second kappa shape index (κ2) is 4.35. The quantitative estimate of drug-likeness (QED) is 0.655. The Morgan fingerprint density at radius 1 is 1.58 bits per heavy atom. The molecule has 1 heterocycles. The fourth-order valence-corrected chi connectivity index (χ4v) is 2.99. The third kappa shape index (κ3) is 2.06. The summed E-state index contributed by atoms with van der Waals surface area (Å²) in [5.41, 5.74) is 5.48. The van der Waals surface area contributed by atoms with Crippen molar-refractivity contribution in [2.45, 2.75) is 25.1 Å². The molecule has 0 aromatic rings. The summed E-state index contributed by atoms with van der Waals surface area (Å²) in [6.07, 6.45) is 0. The summed E-state index contributed by atoms with van der Waals surface area (Å²) in [5, 5.41) is 0.297. The highest BCUT2D eigenvalue weighted by Gasteiger charge is 2.28. The molecule has 0 radical (unpaired) electrons. The first-order chi connectivity index (χ1) is 5.66. The fourth-order valence-electron chi connectivity index (χ4n) is 1.59. The molecule has 3 atom stereocenters. The first-order valence-electron chi connectivity index (χ1n) is 4.48. The van der Waals surface area contributed by atoms with E-state index in [1.807, 2.05) is 0 Å². The van der Waals surface area contributed by atoms with Gasteiger partial charge in [0.25, 0.3) is 0 Å². The Morgan fingerprint density at radius 3 is 2.83 bits per heavy atom. The van der Waals surface area contributed by atoms with Gasteiger partial charge in [0.15, 0.2) is 0 Å². The van der Waals surface area contributed by atoms with Crippen molar-refractivity contribution >= 4 is 10.8 Å². The van der Waals surface area contributed by atoms with Crippen LogP contribution >= 0.6 is 0 Å². The van der Waals surface area contributed by atoms with Crippen LogP contribution in [-0.4, -0.2) is 45.8 Å². The van der Waals surface area contributed by atoms with E-state index in [-0.39, 0.29) is 0 Å². The third-order valence-electron chi connectivity index (χ3n) is 2.67. The van der Waals surface area contributed by atoms with Crippen LogP contribution in [0, 0.1) is 0 Å². The molecule has 0 aromatic heterocycles. The molecular weight excluding hydrogens is 172 g/mol. The van der Waals surface area contributed by atoms with Crippen LogP contribution in [0.1, 0.15) is 13.8 Å². The van der Waals surface area contributed by atoms with E-state index in [0.717, 1.165) is 18.8 Å². The predicted octanol–water partition coefficient (Wildman–Crippen LogP) is -0.214. The van der Waals surface area contributed by atoms with E-state index in [2.05, 4.69) is 18.7 Å². The first kappa shape index (κ1) is 10.2. The molecule has 0 spiro atoms. The average Bonchev–Trinajstić information content (AvgIpc) is 2.07. The van der Waals surface area contributed by atoms with E-state index in [4.69, 9.17) is 5.73 Å². The summed E-state index contributed by atoms with van der Waals surface area (Å²) >= 11 is 0. The molecule has 1 saturated heterocycles. The van der Waals surface area contributed by atoms with Crippen molar-refractivity contribution in [2.24, 2.45) is 5.73 Å². The van der Waals surface area contributed by atoms with Crippen LogP contribution in [0.5, 0.6) is 0 Å². The molecule has 12 heavy (non-hydrogen) atoms. The van der Waals surface area contributed by atoms with E-state index in [1.165, 1.54) is 0 Å². The fraction of sp³-hybridized carbons (Fsp3) is 1.00. The van der Waals surface area contributed by atoms with Crippen LogP contribution in [0.25, 0.3) is 0 Å². The molecule has 4 heteroatoms. The van der Waals surface area contributed by atoms with Crippen LogP contribution in [0.2, 0.25) is 0 Å². The Bertz CT molecular complexity index is 174. The maximum Gasteiger partial charge on any atom is 0.0473 e. The maximum absolute atomic E-state index is 11.4. The van der Waals surface area contributed by atoms with Crippen molar-refractivity contribution < 1.29 is 4.21 Å². The monoisotopic (exact) mass is 190 g/mol. The molecule has 3 unspecified atom stereocenters. The highest BCUT2D eigenvalue weighted by Crippen LogP contribution is 2.15. The lowest BCUT2D eigenvalue weighted by molar-refractivity contribution is 0.215. The molecule has 1 fully saturated rings. The predicted molar refractivity (Wildman–Crippen MR) is 52.6 cm³/mol. The van der Waals surface area contributed by atoms with Gasteiger partial charge in [-0.25, -0.2) is 0 Å². The van der Waals surface area contributed by atoms with Gasteiger partial charge in [-0.2, -0.15) is 0 Å². The Kier molecular flexibility index (Phi) is 3.68. The van der Waals surface area contributed by atoms with Crippen LogP contribution in [0.4, 0.5) is 0 Å². The minimum atomic E-state index is -0.622. The van der Waals surface area contributed by atoms with Gasteiger partial charge in [-0.1, -0.05) is 0 Å². The zero-order valence-corrected chi connectivity index (χ0v) is 8.64. The largest absolute Gasteiger partial charge is 0.329 e. The lowest BCUT2D eigenvalue weighted by Crippen LogP contribution is -2.51. The minimum Gasteiger partial charge on any atom is -0.329 e. The molecule has 3 nitrogen and oxygen atoms in total. The molecule has 0 aliphatic carbocycles. The Hall–Kier alpha value is 0.0700. The smallest absolute Gasteiger partial charge is 0.0473 e. The van der Waals surface area contributed by atoms with Gasteiger partial charge in [0.2, 0.25) is 0 Å². The van der Waals surface area contributed by atoms with Crippen molar-refractivity contribution in [2.75, 3.05) is 25.4 Å². The van der Waals surface area contributed by atoms with Crippen molar-refractivity contribution in [1.82, 2.24) is 4.90 Å². The van der Waals surface area contributed by atoms with Gasteiger partial charge in [-0.05, 0) is 13.8 Å². The highest BCUT2D eigenvalue weighted by atomic mass is 32.2. The van der Waals surface area contributed by atoms with Gasteiger partial charge in [-0.15, -0.1) is 0 Å². The van der Waals surface area contributed by atoms with Gasteiger partial charge in [0.05, 0.1) is 0 Å². The van der Waals surface area contributed by atoms with E-state index < -0.39 is 10.8 Å². The molecule has 1 aliphatic heterocycles. The van der Waals surface area contributed by atoms with Crippen LogP contribution < -0.4 is 5.73 Å².